The Morgan fingerprint density at radius 2 is 2.09 bits per heavy atom. The van der Waals surface area contributed by atoms with Crippen LogP contribution >= 0.6 is 11.3 Å². The number of rotatable bonds is 4. The fourth-order valence-electron chi connectivity index (χ4n) is 1.96. The highest BCUT2D eigenvalue weighted by atomic mass is 32.1. The number of halogens is 3. The van der Waals surface area contributed by atoms with Crippen LogP contribution in [0.25, 0.3) is 0 Å². The smallest absolute Gasteiger partial charge is 0.386 e. The van der Waals surface area contributed by atoms with Crippen LogP contribution in [0.3, 0.4) is 0 Å². The summed E-state index contributed by atoms with van der Waals surface area (Å²) in [6.07, 6.45) is -5.33. The topological polar surface area (TPSA) is 61.4 Å². The van der Waals surface area contributed by atoms with Crippen molar-refractivity contribution in [2.24, 2.45) is 0 Å². The minimum absolute atomic E-state index is 0.0270. The first-order chi connectivity index (χ1) is 10.8. The maximum absolute atomic E-state index is 12.6. The van der Waals surface area contributed by atoms with E-state index in [1.165, 1.54) is 23.5 Å². The van der Waals surface area contributed by atoms with Gasteiger partial charge in [-0.15, -0.1) is 11.3 Å². The minimum Gasteiger partial charge on any atom is -0.386 e. The molecule has 1 atom stereocenters. The van der Waals surface area contributed by atoms with E-state index in [0.29, 0.717) is 0 Å². The summed E-state index contributed by atoms with van der Waals surface area (Å²) < 4.78 is 37.8. The predicted octanol–water partition coefficient (Wildman–Crippen LogP) is 3.93. The molecule has 0 aliphatic carbocycles. The molecule has 2 aromatic rings. The van der Waals surface area contributed by atoms with E-state index in [-0.39, 0.29) is 12.2 Å². The Balaban J connectivity index is 1.91. The molecule has 0 bridgehead atoms. The fraction of sp³-hybridized carbons (Fsp3) is 0.267. The number of aliphatic hydroxyl groups excluding tert-OH is 1. The minimum atomic E-state index is -4.47. The Bertz CT molecular complexity index is 685. The average molecular weight is 344 g/mol. The van der Waals surface area contributed by atoms with Gasteiger partial charge in [0.05, 0.1) is 12.1 Å². The van der Waals surface area contributed by atoms with Gasteiger partial charge in [0.2, 0.25) is 0 Å². The number of carbonyl (C=O) groups is 1. The van der Waals surface area contributed by atoms with E-state index in [2.05, 4.69) is 10.6 Å². The van der Waals surface area contributed by atoms with Gasteiger partial charge >= 0.3 is 12.2 Å². The molecule has 1 aromatic carbocycles. The number of thiophene rings is 1. The molecular formula is C15H15F3N2O2S. The molecule has 0 radical (unpaired) electrons. The summed E-state index contributed by atoms with van der Waals surface area (Å²) in [5.74, 6) is 0. The van der Waals surface area contributed by atoms with Crippen LogP contribution < -0.4 is 10.6 Å². The predicted molar refractivity (Wildman–Crippen MR) is 82.5 cm³/mol. The maximum atomic E-state index is 12.6. The zero-order valence-corrected chi connectivity index (χ0v) is 13.0. The van der Waals surface area contributed by atoms with Crippen LogP contribution in [-0.2, 0) is 6.18 Å². The molecule has 0 fully saturated rings. The summed E-state index contributed by atoms with van der Waals surface area (Å²) in [7, 11) is 0. The molecular weight excluding hydrogens is 329 g/mol. The van der Waals surface area contributed by atoms with Gasteiger partial charge in [-0.3, -0.25) is 0 Å². The number of carbonyl (C=O) groups excluding carboxylic acids is 1. The molecule has 3 N–H and O–H groups in total. The Labute approximate surface area is 135 Å². The Kier molecular flexibility index (Phi) is 5.27. The average Bonchev–Trinajstić information content (AvgIpc) is 2.90. The monoisotopic (exact) mass is 344 g/mol. The van der Waals surface area contributed by atoms with Gasteiger partial charge in [0.15, 0.2) is 0 Å². The summed E-state index contributed by atoms with van der Waals surface area (Å²) in [5.41, 5.74) is 0.103. The van der Waals surface area contributed by atoms with Crippen LogP contribution in [0, 0.1) is 6.92 Å². The Morgan fingerprint density at radius 1 is 1.35 bits per heavy atom. The first kappa shape index (κ1) is 17.3. The second-order valence-corrected chi connectivity index (χ2v) is 5.84. The summed E-state index contributed by atoms with van der Waals surface area (Å²) >= 11 is 1.37. The largest absolute Gasteiger partial charge is 0.416 e. The van der Waals surface area contributed by atoms with Crippen LogP contribution in [0.15, 0.2) is 35.7 Å². The standard InChI is InChI=1S/C15H15F3N2O2S/c1-9-5-6-23-13(9)12(21)8-19-14(22)20-11-4-2-3-10(7-11)15(16,17)18/h2-7,12,21H,8H2,1H3,(H2,19,20,22). The first-order valence-electron chi connectivity index (χ1n) is 6.71. The summed E-state index contributed by atoms with van der Waals surface area (Å²) in [6.45, 7) is 1.81. The van der Waals surface area contributed by atoms with E-state index < -0.39 is 23.9 Å². The fourth-order valence-corrected chi connectivity index (χ4v) is 2.87. The van der Waals surface area contributed by atoms with Crippen molar-refractivity contribution >= 4 is 23.1 Å². The van der Waals surface area contributed by atoms with Crippen molar-refractivity contribution in [2.45, 2.75) is 19.2 Å². The van der Waals surface area contributed by atoms with Crippen molar-refractivity contribution in [1.82, 2.24) is 5.32 Å². The zero-order chi connectivity index (χ0) is 17.0. The number of benzene rings is 1. The lowest BCUT2D eigenvalue weighted by molar-refractivity contribution is -0.137. The van der Waals surface area contributed by atoms with Gasteiger partial charge in [-0.25, -0.2) is 4.79 Å². The van der Waals surface area contributed by atoms with Crippen LogP contribution in [0.1, 0.15) is 22.1 Å². The molecule has 2 rings (SSSR count). The Morgan fingerprint density at radius 3 is 2.70 bits per heavy atom. The molecule has 124 valence electrons. The van der Waals surface area contributed by atoms with E-state index in [0.717, 1.165) is 22.6 Å². The lowest BCUT2D eigenvalue weighted by Crippen LogP contribution is -2.32. The number of amides is 2. The van der Waals surface area contributed by atoms with Crippen molar-refractivity contribution in [2.75, 3.05) is 11.9 Å². The number of urea groups is 1. The van der Waals surface area contributed by atoms with E-state index >= 15 is 0 Å². The lowest BCUT2D eigenvalue weighted by Gasteiger charge is -2.13. The number of aryl methyl sites for hydroxylation is 1. The number of hydrogen-bond acceptors (Lipinski definition) is 3. The molecule has 4 nitrogen and oxygen atoms in total. The second kappa shape index (κ2) is 7.01. The highest BCUT2D eigenvalue weighted by Gasteiger charge is 2.30. The third kappa shape index (κ3) is 4.70. The normalized spacial score (nSPS) is 12.7. The maximum Gasteiger partial charge on any atom is 0.416 e. The second-order valence-electron chi connectivity index (χ2n) is 4.90. The summed E-state index contributed by atoms with van der Waals surface area (Å²) in [5, 5.41) is 16.5. The van der Waals surface area contributed by atoms with Gasteiger partial charge in [-0.05, 0) is 42.1 Å². The molecule has 1 unspecified atom stereocenters. The van der Waals surface area contributed by atoms with Crippen LogP contribution in [-0.4, -0.2) is 17.7 Å². The zero-order valence-electron chi connectivity index (χ0n) is 12.1. The van der Waals surface area contributed by atoms with Gasteiger partial charge < -0.3 is 15.7 Å². The van der Waals surface area contributed by atoms with E-state index in [9.17, 15) is 23.1 Å². The third-order valence-electron chi connectivity index (χ3n) is 3.11. The van der Waals surface area contributed by atoms with E-state index in [4.69, 9.17) is 0 Å². The summed E-state index contributed by atoms with van der Waals surface area (Å²) in [4.78, 5) is 12.5. The number of anilines is 1. The molecule has 0 spiro atoms. The van der Waals surface area contributed by atoms with Crippen molar-refractivity contribution in [3.05, 3.63) is 51.7 Å². The van der Waals surface area contributed by atoms with Crippen molar-refractivity contribution in [3.63, 3.8) is 0 Å². The SMILES string of the molecule is Cc1ccsc1C(O)CNC(=O)Nc1cccc(C(F)(F)F)c1. The van der Waals surface area contributed by atoms with Gasteiger partial charge in [-0.1, -0.05) is 6.07 Å². The van der Waals surface area contributed by atoms with Gasteiger partial charge in [0.1, 0.15) is 6.10 Å². The number of hydrogen-bond donors (Lipinski definition) is 3. The van der Waals surface area contributed by atoms with E-state index in [1.54, 1.807) is 0 Å². The number of nitrogens with one attached hydrogen (secondary N) is 2. The molecule has 0 aliphatic rings. The highest BCUT2D eigenvalue weighted by molar-refractivity contribution is 7.10. The number of alkyl halides is 3. The molecule has 2 amide bonds. The van der Waals surface area contributed by atoms with Crippen LogP contribution in [0.4, 0.5) is 23.7 Å². The van der Waals surface area contributed by atoms with Gasteiger partial charge in [-0.2, -0.15) is 13.2 Å². The third-order valence-corrected chi connectivity index (χ3v) is 4.23. The molecule has 8 heteroatoms. The molecule has 0 saturated heterocycles. The highest BCUT2D eigenvalue weighted by Crippen LogP contribution is 2.30. The van der Waals surface area contributed by atoms with Gasteiger partial charge in [0.25, 0.3) is 0 Å². The van der Waals surface area contributed by atoms with Crippen molar-refractivity contribution in [3.8, 4) is 0 Å². The quantitative estimate of drug-likeness (QED) is 0.787. The molecule has 0 aliphatic heterocycles. The number of aliphatic hydroxyl groups is 1. The summed E-state index contributed by atoms with van der Waals surface area (Å²) in [6, 6.07) is 5.51. The van der Waals surface area contributed by atoms with Crippen molar-refractivity contribution < 1.29 is 23.1 Å². The molecule has 23 heavy (non-hydrogen) atoms. The molecule has 1 heterocycles. The molecule has 0 saturated carbocycles. The Hall–Kier alpha value is -2.06. The van der Waals surface area contributed by atoms with Gasteiger partial charge in [0, 0.05) is 10.6 Å². The van der Waals surface area contributed by atoms with Crippen molar-refractivity contribution in [1.29, 1.82) is 0 Å². The molecule has 1 aromatic heterocycles. The van der Waals surface area contributed by atoms with Crippen LogP contribution in [0.2, 0.25) is 0 Å². The van der Waals surface area contributed by atoms with Crippen LogP contribution in [0.5, 0.6) is 0 Å². The first-order valence-corrected chi connectivity index (χ1v) is 7.59. The van der Waals surface area contributed by atoms with E-state index in [1.807, 2.05) is 18.4 Å². The lowest BCUT2D eigenvalue weighted by atomic mass is 10.2.